The largest absolute Gasteiger partial charge is 0.350 e. The lowest BCUT2D eigenvalue weighted by Crippen LogP contribution is -2.29. The average molecular weight is 307 g/mol. The zero-order chi connectivity index (χ0) is 12.7. The maximum Gasteiger partial charge on any atom is 0.0481 e. The first kappa shape index (κ1) is 12.2. The summed E-state index contributed by atoms with van der Waals surface area (Å²) in [6.07, 6.45) is 4.89. The van der Waals surface area contributed by atoms with Gasteiger partial charge in [-0.15, -0.1) is 0 Å². The fourth-order valence-electron chi connectivity index (χ4n) is 3.04. The quantitative estimate of drug-likeness (QED) is 0.779. The highest BCUT2D eigenvalue weighted by Crippen LogP contribution is 2.34. The minimum atomic E-state index is 0.721. The van der Waals surface area contributed by atoms with E-state index in [0.717, 1.165) is 5.92 Å². The van der Waals surface area contributed by atoms with Crippen molar-refractivity contribution in [3.05, 3.63) is 34.4 Å². The molecule has 2 aromatic rings. The molecule has 1 aromatic carbocycles. The fraction of sp³-hybridized carbons (Fsp3) is 0.467. The summed E-state index contributed by atoms with van der Waals surface area (Å²) in [4.78, 5) is 2.43. The molecule has 18 heavy (non-hydrogen) atoms. The van der Waals surface area contributed by atoms with Gasteiger partial charge in [-0.05, 0) is 62.7 Å². The summed E-state index contributed by atoms with van der Waals surface area (Å²) in [5.41, 5.74) is 2.87. The second-order valence-electron chi connectivity index (χ2n) is 5.43. The third kappa shape index (κ3) is 2.10. The normalized spacial score (nSPS) is 18.6. The molecule has 1 fully saturated rings. The lowest BCUT2D eigenvalue weighted by Gasteiger charge is -2.28. The first-order valence-electron chi connectivity index (χ1n) is 6.58. The molecule has 1 aliphatic heterocycles. The number of rotatable bonds is 1. The van der Waals surface area contributed by atoms with Gasteiger partial charge in [-0.1, -0.05) is 15.9 Å². The summed E-state index contributed by atoms with van der Waals surface area (Å²) in [7, 11) is 4.37. The molecular weight excluding hydrogens is 288 g/mol. The van der Waals surface area contributed by atoms with Crippen LogP contribution < -0.4 is 0 Å². The molecule has 0 saturated carbocycles. The van der Waals surface area contributed by atoms with E-state index in [1.165, 1.54) is 46.9 Å². The fourth-order valence-corrected chi connectivity index (χ4v) is 3.40. The van der Waals surface area contributed by atoms with Crippen LogP contribution in [0.1, 0.15) is 24.3 Å². The van der Waals surface area contributed by atoms with Gasteiger partial charge in [0.2, 0.25) is 0 Å². The number of hydrogen-bond donors (Lipinski definition) is 0. The minimum Gasteiger partial charge on any atom is -0.350 e. The maximum absolute atomic E-state index is 3.59. The van der Waals surface area contributed by atoms with E-state index in [0.29, 0.717) is 0 Å². The van der Waals surface area contributed by atoms with Crippen molar-refractivity contribution in [2.24, 2.45) is 7.05 Å². The number of halogens is 1. The molecule has 96 valence electrons. The monoisotopic (exact) mass is 306 g/mol. The van der Waals surface area contributed by atoms with Gasteiger partial charge in [0, 0.05) is 28.6 Å². The standard InChI is InChI=1S/C15H19BrN2/c1-17-7-5-11(6-8-17)14-10-18(2)15-4-3-12(16)9-13(14)15/h3-4,9-11H,5-8H2,1-2H3. The smallest absolute Gasteiger partial charge is 0.0481 e. The van der Waals surface area contributed by atoms with Crippen molar-refractivity contribution in [3.63, 3.8) is 0 Å². The molecule has 1 aliphatic rings. The molecule has 1 aromatic heterocycles. The van der Waals surface area contributed by atoms with E-state index in [9.17, 15) is 0 Å². The van der Waals surface area contributed by atoms with Gasteiger partial charge >= 0.3 is 0 Å². The summed E-state index contributed by atoms with van der Waals surface area (Å²) in [5.74, 6) is 0.721. The Hall–Kier alpha value is -0.800. The Kier molecular flexibility index (Phi) is 3.20. The van der Waals surface area contributed by atoms with Crippen LogP contribution in [-0.2, 0) is 7.05 Å². The zero-order valence-electron chi connectivity index (χ0n) is 11.0. The van der Waals surface area contributed by atoms with Gasteiger partial charge in [0.25, 0.3) is 0 Å². The maximum atomic E-state index is 3.59. The van der Waals surface area contributed by atoms with Crippen molar-refractivity contribution in [2.75, 3.05) is 20.1 Å². The van der Waals surface area contributed by atoms with Crippen LogP contribution in [0.4, 0.5) is 0 Å². The second-order valence-corrected chi connectivity index (χ2v) is 6.35. The van der Waals surface area contributed by atoms with Crippen LogP contribution in [-0.4, -0.2) is 29.6 Å². The van der Waals surface area contributed by atoms with Gasteiger partial charge in [-0.3, -0.25) is 0 Å². The molecule has 1 saturated heterocycles. The minimum absolute atomic E-state index is 0.721. The van der Waals surface area contributed by atoms with Crippen LogP contribution in [0.3, 0.4) is 0 Å². The first-order chi connectivity index (χ1) is 8.65. The van der Waals surface area contributed by atoms with E-state index in [2.05, 4.69) is 63.9 Å². The van der Waals surface area contributed by atoms with Gasteiger partial charge in [0.05, 0.1) is 0 Å². The summed E-state index contributed by atoms with van der Waals surface area (Å²) < 4.78 is 3.44. The molecule has 3 heteroatoms. The molecule has 0 spiro atoms. The molecule has 0 unspecified atom stereocenters. The highest BCUT2D eigenvalue weighted by Gasteiger charge is 2.21. The van der Waals surface area contributed by atoms with Crippen LogP contribution in [0.15, 0.2) is 28.9 Å². The van der Waals surface area contributed by atoms with E-state index < -0.39 is 0 Å². The SMILES string of the molecule is CN1CCC(c2cn(C)c3ccc(Br)cc23)CC1. The lowest BCUT2D eigenvalue weighted by atomic mass is 9.89. The Morgan fingerprint density at radius 2 is 1.89 bits per heavy atom. The Morgan fingerprint density at radius 3 is 2.61 bits per heavy atom. The third-order valence-corrected chi connectivity index (χ3v) is 4.63. The van der Waals surface area contributed by atoms with Crippen molar-refractivity contribution >= 4 is 26.8 Å². The Labute approximate surface area is 117 Å². The summed E-state index contributed by atoms with van der Waals surface area (Å²) in [6, 6.07) is 6.60. The summed E-state index contributed by atoms with van der Waals surface area (Å²) in [6.45, 7) is 2.43. The van der Waals surface area contributed by atoms with E-state index in [4.69, 9.17) is 0 Å². The number of aryl methyl sites for hydroxylation is 1. The Bertz CT molecular complexity index is 565. The van der Waals surface area contributed by atoms with Crippen molar-refractivity contribution in [1.82, 2.24) is 9.47 Å². The van der Waals surface area contributed by atoms with E-state index in [-0.39, 0.29) is 0 Å². The number of likely N-dealkylation sites (tertiary alicyclic amines) is 1. The van der Waals surface area contributed by atoms with Crippen molar-refractivity contribution in [3.8, 4) is 0 Å². The number of benzene rings is 1. The zero-order valence-corrected chi connectivity index (χ0v) is 12.6. The van der Waals surface area contributed by atoms with Crippen LogP contribution in [0.5, 0.6) is 0 Å². The van der Waals surface area contributed by atoms with Gasteiger partial charge in [0.15, 0.2) is 0 Å². The third-order valence-electron chi connectivity index (χ3n) is 4.14. The molecule has 0 atom stereocenters. The Balaban J connectivity index is 2.03. The number of nitrogens with zero attached hydrogens (tertiary/aromatic N) is 2. The molecular formula is C15H19BrN2. The van der Waals surface area contributed by atoms with Crippen molar-refractivity contribution in [1.29, 1.82) is 0 Å². The average Bonchev–Trinajstić information content (AvgIpc) is 2.67. The van der Waals surface area contributed by atoms with Crippen LogP contribution >= 0.6 is 15.9 Å². The van der Waals surface area contributed by atoms with Crippen molar-refractivity contribution < 1.29 is 0 Å². The number of fused-ring (bicyclic) bond motifs is 1. The predicted octanol–water partition coefficient (Wildman–Crippen LogP) is 3.75. The second kappa shape index (κ2) is 4.71. The molecule has 3 rings (SSSR count). The predicted molar refractivity (Wildman–Crippen MR) is 80.1 cm³/mol. The molecule has 0 bridgehead atoms. The summed E-state index contributed by atoms with van der Waals surface area (Å²) in [5, 5.41) is 1.42. The summed E-state index contributed by atoms with van der Waals surface area (Å²) >= 11 is 3.59. The van der Waals surface area contributed by atoms with Crippen molar-refractivity contribution in [2.45, 2.75) is 18.8 Å². The van der Waals surface area contributed by atoms with E-state index >= 15 is 0 Å². The molecule has 2 nitrogen and oxygen atoms in total. The van der Waals surface area contributed by atoms with E-state index in [1.54, 1.807) is 0 Å². The lowest BCUT2D eigenvalue weighted by molar-refractivity contribution is 0.256. The highest BCUT2D eigenvalue weighted by atomic mass is 79.9. The van der Waals surface area contributed by atoms with Gasteiger partial charge < -0.3 is 9.47 Å². The van der Waals surface area contributed by atoms with Gasteiger partial charge in [0.1, 0.15) is 0 Å². The number of aromatic nitrogens is 1. The molecule has 0 radical (unpaired) electrons. The van der Waals surface area contributed by atoms with E-state index in [1.807, 2.05) is 0 Å². The topological polar surface area (TPSA) is 8.17 Å². The molecule has 0 aliphatic carbocycles. The van der Waals surface area contributed by atoms with Crippen LogP contribution in [0, 0.1) is 0 Å². The highest BCUT2D eigenvalue weighted by molar-refractivity contribution is 9.10. The molecule has 0 amide bonds. The first-order valence-corrected chi connectivity index (χ1v) is 7.37. The molecule has 2 heterocycles. The number of piperidine rings is 1. The number of hydrogen-bond acceptors (Lipinski definition) is 1. The Morgan fingerprint density at radius 1 is 1.17 bits per heavy atom. The van der Waals surface area contributed by atoms with Crippen LogP contribution in [0.2, 0.25) is 0 Å². The molecule has 0 N–H and O–H groups in total. The van der Waals surface area contributed by atoms with Gasteiger partial charge in [-0.25, -0.2) is 0 Å². The van der Waals surface area contributed by atoms with Crippen LogP contribution in [0.25, 0.3) is 10.9 Å². The van der Waals surface area contributed by atoms with Gasteiger partial charge in [-0.2, -0.15) is 0 Å².